The highest BCUT2D eigenvalue weighted by molar-refractivity contribution is 7.21. The molecule has 0 spiro atoms. The SMILES string of the molecule is CCC(=O)Nc1ccnc2sc(C(N)=O)c(N)c12. The predicted octanol–water partition coefficient (Wildman–Crippen LogP) is 1.33. The minimum absolute atomic E-state index is 0.131. The summed E-state index contributed by atoms with van der Waals surface area (Å²) in [6, 6.07) is 1.64. The molecule has 2 rings (SSSR count). The zero-order chi connectivity index (χ0) is 13.3. The van der Waals surface area contributed by atoms with Crippen molar-refractivity contribution < 1.29 is 9.59 Å². The van der Waals surface area contributed by atoms with E-state index in [2.05, 4.69) is 10.3 Å². The Morgan fingerprint density at radius 3 is 2.83 bits per heavy atom. The van der Waals surface area contributed by atoms with Gasteiger partial charge in [0.05, 0.1) is 16.8 Å². The average molecular weight is 264 g/mol. The van der Waals surface area contributed by atoms with E-state index in [1.807, 2.05) is 0 Å². The summed E-state index contributed by atoms with van der Waals surface area (Å²) in [5, 5.41) is 3.29. The minimum atomic E-state index is -0.594. The number of rotatable bonds is 3. The van der Waals surface area contributed by atoms with E-state index in [1.54, 1.807) is 19.2 Å². The average Bonchev–Trinajstić information content (AvgIpc) is 2.68. The molecule has 0 aromatic carbocycles. The lowest BCUT2D eigenvalue weighted by atomic mass is 10.2. The zero-order valence-corrected chi connectivity index (χ0v) is 10.5. The molecule has 0 saturated carbocycles. The molecule has 5 N–H and O–H groups in total. The van der Waals surface area contributed by atoms with Gasteiger partial charge in [-0.25, -0.2) is 4.98 Å². The third kappa shape index (κ3) is 2.00. The minimum Gasteiger partial charge on any atom is -0.397 e. The molecule has 6 nitrogen and oxygen atoms in total. The van der Waals surface area contributed by atoms with Gasteiger partial charge in [-0.1, -0.05) is 6.92 Å². The fourth-order valence-electron chi connectivity index (χ4n) is 1.57. The number of hydrogen-bond acceptors (Lipinski definition) is 5. The van der Waals surface area contributed by atoms with Crippen molar-refractivity contribution in [2.45, 2.75) is 13.3 Å². The molecule has 94 valence electrons. The van der Waals surface area contributed by atoms with Crippen LogP contribution in [0.25, 0.3) is 10.2 Å². The Balaban J connectivity index is 2.61. The van der Waals surface area contributed by atoms with Crippen LogP contribution in [-0.4, -0.2) is 16.8 Å². The molecule has 2 aromatic rings. The van der Waals surface area contributed by atoms with Gasteiger partial charge in [0.25, 0.3) is 5.91 Å². The van der Waals surface area contributed by atoms with Crippen LogP contribution in [0.5, 0.6) is 0 Å². The molecule has 0 aliphatic carbocycles. The standard InChI is InChI=1S/C11H12N4O2S/c1-2-6(16)15-5-3-4-14-11-7(5)8(12)9(18-11)10(13)17/h3-4H,2,12H2,1H3,(H2,13,17)(H,14,15,16). The van der Waals surface area contributed by atoms with Gasteiger partial charge < -0.3 is 16.8 Å². The van der Waals surface area contributed by atoms with Gasteiger partial charge in [0.15, 0.2) is 0 Å². The van der Waals surface area contributed by atoms with Crippen LogP contribution in [0.1, 0.15) is 23.0 Å². The number of nitrogen functional groups attached to an aromatic ring is 1. The van der Waals surface area contributed by atoms with Crippen LogP contribution in [0.2, 0.25) is 0 Å². The number of primary amides is 1. The third-order valence-electron chi connectivity index (χ3n) is 2.45. The van der Waals surface area contributed by atoms with Crippen LogP contribution in [0.4, 0.5) is 11.4 Å². The smallest absolute Gasteiger partial charge is 0.260 e. The molecule has 0 radical (unpaired) electrons. The van der Waals surface area contributed by atoms with Gasteiger partial charge in [-0.05, 0) is 6.07 Å². The van der Waals surface area contributed by atoms with E-state index in [4.69, 9.17) is 11.5 Å². The topological polar surface area (TPSA) is 111 Å². The number of nitrogens with one attached hydrogen (secondary N) is 1. The molecule has 0 bridgehead atoms. The number of fused-ring (bicyclic) bond motifs is 1. The Bertz CT molecular complexity index is 635. The lowest BCUT2D eigenvalue weighted by molar-refractivity contribution is -0.115. The first kappa shape index (κ1) is 12.3. The normalized spacial score (nSPS) is 10.5. The second kappa shape index (κ2) is 4.61. The number of aromatic nitrogens is 1. The van der Waals surface area contributed by atoms with Crippen molar-refractivity contribution in [2.75, 3.05) is 11.1 Å². The molecular formula is C11H12N4O2S. The quantitative estimate of drug-likeness (QED) is 0.776. The molecule has 7 heteroatoms. The third-order valence-corrected chi connectivity index (χ3v) is 3.58. The fraction of sp³-hybridized carbons (Fsp3) is 0.182. The fourth-order valence-corrected chi connectivity index (χ4v) is 2.51. The first-order chi connectivity index (χ1) is 8.54. The maximum Gasteiger partial charge on any atom is 0.260 e. The number of thiophene rings is 1. The summed E-state index contributed by atoms with van der Waals surface area (Å²) >= 11 is 1.12. The Kier molecular flexibility index (Phi) is 3.15. The Labute approximate surface area is 107 Å². The Morgan fingerprint density at radius 1 is 1.50 bits per heavy atom. The summed E-state index contributed by atoms with van der Waals surface area (Å²) in [4.78, 5) is 27.6. The highest BCUT2D eigenvalue weighted by Crippen LogP contribution is 2.36. The molecule has 0 atom stereocenters. The second-order valence-corrected chi connectivity index (χ2v) is 4.65. The van der Waals surface area contributed by atoms with E-state index in [1.165, 1.54) is 0 Å². The summed E-state index contributed by atoms with van der Waals surface area (Å²) in [5.74, 6) is -0.725. The van der Waals surface area contributed by atoms with Crippen molar-refractivity contribution in [3.8, 4) is 0 Å². The molecule has 0 aliphatic rings. The van der Waals surface area contributed by atoms with E-state index in [9.17, 15) is 9.59 Å². The highest BCUT2D eigenvalue weighted by Gasteiger charge is 2.17. The summed E-state index contributed by atoms with van der Waals surface area (Å²) in [7, 11) is 0. The summed E-state index contributed by atoms with van der Waals surface area (Å²) in [6.07, 6.45) is 1.91. The van der Waals surface area contributed by atoms with Crippen molar-refractivity contribution in [3.63, 3.8) is 0 Å². The Hall–Kier alpha value is -2.15. The molecule has 0 aliphatic heterocycles. The van der Waals surface area contributed by atoms with Crippen molar-refractivity contribution >= 4 is 44.7 Å². The zero-order valence-electron chi connectivity index (χ0n) is 9.69. The van der Waals surface area contributed by atoms with Gasteiger partial charge in [0.1, 0.15) is 9.71 Å². The van der Waals surface area contributed by atoms with Crippen LogP contribution >= 0.6 is 11.3 Å². The molecule has 2 aromatic heterocycles. The Morgan fingerprint density at radius 2 is 2.22 bits per heavy atom. The molecule has 0 saturated heterocycles. The lowest BCUT2D eigenvalue weighted by Crippen LogP contribution is -2.12. The van der Waals surface area contributed by atoms with Crippen LogP contribution < -0.4 is 16.8 Å². The van der Waals surface area contributed by atoms with Crippen molar-refractivity contribution in [1.29, 1.82) is 0 Å². The largest absolute Gasteiger partial charge is 0.397 e. The van der Waals surface area contributed by atoms with Crippen LogP contribution in [0, 0.1) is 0 Å². The summed E-state index contributed by atoms with van der Waals surface area (Å²) in [5.41, 5.74) is 11.9. The van der Waals surface area contributed by atoms with E-state index in [0.29, 0.717) is 22.3 Å². The number of nitrogens with zero attached hydrogens (tertiary/aromatic N) is 1. The van der Waals surface area contributed by atoms with Gasteiger partial charge in [-0.2, -0.15) is 0 Å². The monoisotopic (exact) mass is 264 g/mol. The highest BCUT2D eigenvalue weighted by atomic mass is 32.1. The summed E-state index contributed by atoms with van der Waals surface area (Å²) in [6.45, 7) is 1.75. The number of amides is 2. The molecular weight excluding hydrogens is 252 g/mol. The van der Waals surface area contributed by atoms with Crippen LogP contribution in [0.15, 0.2) is 12.3 Å². The molecule has 18 heavy (non-hydrogen) atoms. The van der Waals surface area contributed by atoms with Crippen molar-refractivity contribution in [1.82, 2.24) is 4.98 Å². The van der Waals surface area contributed by atoms with Gasteiger partial charge >= 0.3 is 0 Å². The van der Waals surface area contributed by atoms with Crippen LogP contribution in [0.3, 0.4) is 0 Å². The second-order valence-electron chi connectivity index (χ2n) is 3.65. The van der Waals surface area contributed by atoms with Gasteiger partial charge in [0, 0.05) is 12.6 Å². The van der Waals surface area contributed by atoms with E-state index in [0.717, 1.165) is 11.3 Å². The van der Waals surface area contributed by atoms with E-state index >= 15 is 0 Å². The summed E-state index contributed by atoms with van der Waals surface area (Å²) < 4.78 is 0. The maximum absolute atomic E-state index is 11.4. The van der Waals surface area contributed by atoms with Crippen molar-refractivity contribution in [3.05, 3.63) is 17.1 Å². The number of nitrogens with two attached hydrogens (primary N) is 2. The lowest BCUT2D eigenvalue weighted by Gasteiger charge is -2.05. The molecule has 2 heterocycles. The van der Waals surface area contributed by atoms with E-state index in [-0.39, 0.29) is 16.5 Å². The first-order valence-electron chi connectivity index (χ1n) is 5.31. The van der Waals surface area contributed by atoms with Crippen molar-refractivity contribution in [2.24, 2.45) is 5.73 Å². The number of carbonyl (C=O) groups excluding carboxylic acids is 2. The van der Waals surface area contributed by atoms with Gasteiger partial charge in [-0.15, -0.1) is 11.3 Å². The maximum atomic E-state index is 11.4. The molecule has 2 amide bonds. The number of pyridine rings is 1. The number of hydrogen-bond donors (Lipinski definition) is 3. The number of carbonyl (C=O) groups is 2. The van der Waals surface area contributed by atoms with Crippen LogP contribution in [-0.2, 0) is 4.79 Å². The van der Waals surface area contributed by atoms with Gasteiger partial charge in [0.2, 0.25) is 5.91 Å². The first-order valence-corrected chi connectivity index (χ1v) is 6.12. The molecule has 0 fully saturated rings. The molecule has 0 unspecified atom stereocenters. The van der Waals surface area contributed by atoms with E-state index < -0.39 is 5.91 Å². The van der Waals surface area contributed by atoms with Gasteiger partial charge in [-0.3, -0.25) is 9.59 Å². The number of anilines is 2. The predicted molar refractivity (Wildman–Crippen MR) is 71.5 cm³/mol.